The number of nitro groups is 1. The lowest BCUT2D eigenvalue weighted by Gasteiger charge is -1.98. The zero-order valence-corrected chi connectivity index (χ0v) is 9.64. The Hall–Kier alpha value is -2.29. The second-order valence-electron chi connectivity index (χ2n) is 3.73. The van der Waals surface area contributed by atoms with Gasteiger partial charge in [-0.2, -0.15) is 0 Å². The van der Waals surface area contributed by atoms with Gasteiger partial charge >= 0.3 is 5.95 Å². The van der Waals surface area contributed by atoms with E-state index in [1.165, 1.54) is 17.0 Å². The molecular formula is C9H13N7O2. The van der Waals surface area contributed by atoms with Crippen molar-refractivity contribution >= 4 is 5.95 Å². The fourth-order valence-electron chi connectivity index (χ4n) is 1.54. The predicted octanol–water partition coefficient (Wildman–Crippen LogP) is -0.220. The van der Waals surface area contributed by atoms with Gasteiger partial charge in [-0.1, -0.05) is 10.2 Å². The lowest BCUT2D eigenvalue weighted by atomic mass is 10.4. The summed E-state index contributed by atoms with van der Waals surface area (Å²) in [5.74, 6) is -0.202. The van der Waals surface area contributed by atoms with Crippen LogP contribution in [0.2, 0.25) is 0 Å². The molecule has 0 bridgehead atoms. The number of rotatable bonds is 6. The maximum Gasteiger partial charge on any atom is 0.434 e. The fourth-order valence-corrected chi connectivity index (χ4v) is 1.54. The molecule has 0 fully saturated rings. The van der Waals surface area contributed by atoms with Crippen LogP contribution in [-0.2, 0) is 13.1 Å². The summed E-state index contributed by atoms with van der Waals surface area (Å²) in [6, 6.07) is 0. The lowest BCUT2D eigenvalue weighted by Crippen LogP contribution is -2.06. The van der Waals surface area contributed by atoms with Crippen LogP contribution in [0.1, 0.15) is 12.1 Å². The quantitative estimate of drug-likeness (QED) is 0.560. The first-order valence-electron chi connectivity index (χ1n) is 5.45. The van der Waals surface area contributed by atoms with Crippen LogP contribution in [0.4, 0.5) is 5.95 Å². The van der Waals surface area contributed by atoms with Gasteiger partial charge in [-0.15, -0.1) is 5.10 Å². The van der Waals surface area contributed by atoms with Gasteiger partial charge in [0.2, 0.25) is 0 Å². The highest BCUT2D eigenvalue weighted by atomic mass is 16.6. The minimum absolute atomic E-state index is 0.202. The summed E-state index contributed by atoms with van der Waals surface area (Å²) in [6.45, 7) is 1.55. The summed E-state index contributed by atoms with van der Waals surface area (Å²) < 4.78 is 3.09. The SMILES string of the molecule is NCCCn1cc(Cn2ccnc2[N+](=O)[O-])nn1. The van der Waals surface area contributed by atoms with Crippen LogP contribution in [0.25, 0.3) is 0 Å². The Balaban J connectivity index is 2.06. The second kappa shape index (κ2) is 5.36. The van der Waals surface area contributed by atoms with Crippen molar-refractivity contribution in [2.45, 2.75) is 19.5 Å². The van der Waals surface area contributed by atoms with Gasteiger partial charge in [0.1, 0.15) is 24.6 Å². The highest BCUT2D eigenvalue weighted by molar-refractivity contribution is 5.09. The van der Waals surface area contributed by atoms with Gasteiger partial charge < -0.3 is 15.8 Å². The van der Waals surface area contributed by atoms with Crippen molar-refractivity contribution in [3.8, 4) is 0 Å². The van der Waals surface area contributed by atoms with Crippen molar-refractivity contribution in [2.75, 3.05) is 6.54 Å². The third-order valence-corrected chi connectivity index (χ3v) is 2.37. The molecule has 9 nitrogen and oxygen atoms in total. The summed E-state index contributed by atoms with van der Waals surface area (Å²) >= 11 is 0. The molecule has 2 rings (SSSR count). The van der Waals surface area contributed by atoms with Crippen LogP contribution in [0, 0.1) is 10.1 Å². The monoisotopic (exact) mass is 251 g/mol. The first kappa shape index (κ1) is 12.2. The summed E-state index contributed by atoms with van der Waals surface area (Å²) in [5.41, 5.74) is 6.04. The Morgan fingerprint density at radius 1 is 1.50 bits per heavy atom. The molecule has 2 aromatic heterocycles. The number of aromatic nitrogens is 5. The van der Waals surface area contributed by atoms with Crippen molar-refractivity contribution in [2.24, 2.45) is 5.73 Å². The third-order valence-electron chi connectivity index (χ3n) is 2.37. The Morgan fingerprint density at radius 3 is 3.06 bits per heavy atom. The van der Waals surface area contributed by atoms with E-state index in [2.05, 4.69) is 15.3 Å². The maximum absolute atomic E-state index is 10.7. The molecule has 0 aliphatic rings. The predicted molar refractivity (Wildman–Crippen MR) is 61.7 cm³/mol. The average Bonchev–Trinajstić information content (AvgIpc) is 2.96. The van der Waals surface area contributed by atoms with E-state index in [-0.39, 0.29) is 12.5 Å². The molecule has 2 aromatic rings. The normalized spacial score (nSPS) is 10.7. The molecule has 0 atom stereocenters. The third kappa shape index (κ3) is 2.69. The van der Waals surface area contributed by atoms with Crippen LogP contribution < -0.4 is 5.73 Å². The molecule has 0 amide bonds. The number of hydrogen-bond donors (Lipinski definition) is 1. The van der Waals surface area contributed by atoms with Crippen LogP contribution >= 0.6 is 0 Å². The minimum atomic E-state index is -0.529. The molecule has 0 unspecified atom stereocenters. The van der Waals surface area contributed by atoms with Gasteiger partial charge in [0, 0.05) is 6.54 Å². The summed E-state index contributed by atoms with van der Waals surface area (Å²) in [6.07, 6.45) is 5.49. The van der Waals surface area contributed by atoms with Crippen LogP contribution in [0.3, 0.4) is 0 Å². The lowest BCUT2D eigenvalue weighted by molar-refractivity contribution is -0.396. The van der Waals surface area contributed by atoms with E-state index in [9.17, 15) is 10.1 Å². The first-order valence-corrected chi connectivity index (χ1v) is 5.45. The molecule has 96 valence electrons. The summed E-state index contributed by atoms with van der Waals surface area (Å²) in [5, 5.41) is 18.5. The van der Waals surface area contributed by atoms with Crippen molar-refractivity contribution < 1.29 is 4.92 Å². The fraction of sp³-hybridized carbons (Fsp3) is 0.444. The van der Waals surface area contributed by atoms with E-state index in [1.807, 2.05) is 0 Å². The van der Waals surface area contributed by atoms with E-state index in [1.54, 1.807) is 10.9 Å². The molecule has 9 heteroatoms. The average molecular weight is 251 g/mol. The molecule has 0 aliphatic carbocycles. The first-order chi connectivity index (χ1) is 8.70. The van der Waals surface area contributed by atoms with Crippen molar-refractivity contribution in [1.82, 2.24) is 24.5 Å². The molecule has 0 aromatic carbocycles. The number of nitrogens with two attached hydrogens (primary N) is 1. The number of imidazole rings is 1. The largest absolute Gasteiger partial charge is 0.434 e. The number of aryl methyl sites for hydroxylation is 1. The minimum Gasteiger partial charge on any atom is -0.390 e. The van der Waals surface area contributed by atoms with E-state index >= 15 is 0 Å². The smallest absolute Gasteiger partial charge is 0.390 e. The molecule has 0 spiro atoms. The summed E-state index contributed by atoms with van der Waals surface area (Å²) in [7, 11) is 0. The van der Waals surface area contributed by atoms with E-state index in [4.69, 9.17) is 5.73 Å². The van der Waals surface area contributed by atoms with Gasteiger partial charge in [0.05, 0.1) is 6.20 Å². The highest BCUT2D eigenvalue weighted by Crippen LogP contribution is 2.09. The van der Waals surface area contributed by atoms with E-state index in [0.717, 1.165) is 6.42 Å². The topological polar surface area (TPSA) is 118 Å². The number of nitrogens with zero attached hydrogens (tertiary/aromatic N) is 6. The zero-order chi connectivity index (χ0) is 13.0. The highest BCUT2D eigenvalue weighted by Gasteiger charge is 2.15. The van der Waals surface area contributed by atoms with Crippen LogP contribution in [0.5, 0.6) is 0 Å². The van der Waals surface area contributed by atoms with Crippen LogP contribution in [0.15, 0.2) is 18.6 Å². The zero-order valence-electron chi connectivity index (χ0n) is 9.64. The standard InChI is InChI=1S/C9H13N7O2/c10-2-1-4-15-7-8(12-13-15)6-14-5-3-11-9(14)16(17)18/h3,5,7H,1-2,4,6,10H2. The molecule has 0 aliphatic heterocycles. The van der Waals surface area contributed by atoms with E-state index in [0.29, 0.717) is 18.8 Å². The van der Waals surface area contributed by atoms with Gasteiger partial charge in [-0.05, 0) is 17.9 Å². The number of hydrogen-bond acceptors (Lipinski definition) is 6. The van der Waals surface area contributed by atoms with Crippen molar-refractivity contribution in [3.05, 3.63) is 34.4 Å². The molecule has 18 heavy (non-hydrogen) atoms. The Kier molecular flexibility index (Phi) is 3.63. The van der Waals surface area contributed by atoms with E-state index < -0.39 is 4.92 Å². The van der Waals surface area contributed by atoms with Gasteiger partial charge in [0.25, 0.3) is 0 Å². The van der Waals surface area contributed by atoms with Crippen molar-refractivity contribution in [1.29, 1.82) is 0 Å². The van der Waals surface area contributed by atoms with Gasteiger partial charge in [-0.25, -0.2) is 4.57 Å². The Bertz CT molecular complexity index is 533. The maximum atomic E-state index is 10.7. The van der Waals surface area contributed by atoms with Crippen molar-refractivity contribution in [3.63, 3.8) is 0 Å². The van der Waals surface area contributed by atoms with Crippen LogP contribution in [-0.4, -0.2) is 36.0 Å². The molecular weight excluding hydrogens is 238 g/mol. The Morgan fingerprint density at radius 2 is 2.33 bits per heavy atom. The molecule has 0 saturated carbocycles. The Labute approximate surface area is 102 Å². The van der Waals surface area contributed by atoms with Gasteiger partial charge in [0.15, 0.2) is 0 Å². The molecule has 2 heterocycles. The molecule has 2 N–H and O–H groups in total. The molecule has 0 saturated heterocycles. The summed E-state index contributed by atoms with van der Waals surface area (Å²) in [4.78, 5) is 13.8. The molecule has 0 radical (unpaired) electrons. The second-order valence-corrected chi connectivity index (χ2v) is 3.73. The van der Waals surface area contributed by atoms with Gasteiger partial charge in [-0.3, -0.25) is 4.68 Å².